The van der Waals surface area contributed by atoms with Crippen LogP contribution in [0.1, 0.15) is 32.8 Å². The third-order valence-electron chi connectivity index (χ3n) is 2.87. The molecule has 0 aliphatic heterocycles. The summed E-state index contributed by atoms with van der Waals surface area (Å²) in [5.74, 6) is 0.331. The van der Waals surface area contributed by atoms with E-state index in [4.69, 9.17) is 9.57 Å². The normalized spacial score (nSPS) is 12.3. The molecule has 2 amide bonds. The molecule has 0 aromatic heterocycles. The molecule has 0 fully saturated rings. The quantitative estimate of drug-likeness (QED) is 0.702. The van der Waals surface area contributed by atoms with Crippen LogP contribution in [0.5, 0.6) is 0 Å². The maximum absolute atomic E-state index is 12.2. The maximum Gasteiger partial charge on any atom is 0.408 e. The third-order valence-corrected chi connectivity index (χ3v) is 3.52. The number of carbonyl (C=O) groups is 2. The van der Waals surface area contributed by atoms with Gasteiger partial charge in [0.2, 0.25) is 0 Å². The minimum absolute atomic E-state index is 0.258. The Morgan fingerprint density at radius 3 is 2.46 bits per heavy atom. The highest BCUT2D eigenvalue weighted by atomic mass is 32.2. The van der Waals surface area contributed by atoms with E-state index < -0.39 is 23.6 Å². The highest BCUT2D eigenvalue weighted by Crippen LogP contribution is 2.08. The van der Waals surface area contributed by atoms with Gasteiger partial charge in [-0.15, -0.1) is 0 Å². The molecule has 0 aliphatic rings. The average Bonchev–Trinajstić information content (AvgIpc) is 2.50. The lowest BCUT2D eigenvalue weighted by molar-refractivity contribution is -0.136. The number of hydrogen-bond acceptors (Lipinski definition) is 5. The van der Waals surface area contributed by atoms with Gasteiger partial charge < -0.3 is 10.1 Å². The van der Waals surface area contributed by atoms with E-state index in [0.717, 1.165) is 11.3 Å². The molecule has 1 rings (SSSR count). The predicted octanol–water partition coefficient (Wildman–Crippen LogP) is 2.88. The van der Waals surface area contributed by atoms with E-state index in [-0.39, 0.29) is 6.61 Å². The van der Waals surface area contributed by atoms with Crippen molar-refractivity contribution in [2.45, 2.75) is 45.4 Å². The maximum atomic E-state index is 12.2. The average molecular weight is 354 g/mol. The Morgan fingerprint density at radius 1 is 1.21 bits per heavy atom. The third kappa shape index (κ3) is 8.79. The molecular weight excluding hydrogens is 328 g/mol. The first-order valence-electron chi connectivity index (χ1n) is 7.76. The first-order chi connectivity index (χ1) is 11.3. The molecule has 6 nitrogen and oxygen atoms in total. The van der Waals surface area contributed by atoms with Crippen LogP contribution in [0.15, 0.2) is 30.3 Å². The summed E-state index contributed by atoms with van der Waals surface area (Å²) in [6.45, 7) is 5.57. The molecule has 0 aliphatic carbocycles. The number of nitrogens with one attached hydrogen (secondary N) is 2. The molecule has 24 heavy (non-hydrogen) atoms. The number of amides is 2. The summed E-state index contributed by atoms with van der Waals surface area (Å²) in [5.41, 5.74) is 2.72. The Labute approximate surface area is 147 Å². The van der Waals surface area contributed by atoms with Gasteiger partial charge in [-0.2, -0.15) is 11.8 Å². The summed E-state index contributed by atoms with van der Waals surface area (Å²) >= 11 is 1.60. The monoisotopic (exact) mass is 354 g/mol. The molecule has 1 atom stereocenters. The van der Waals surface area contributed by atoms with Gasteiger partial charge in [0.25, 0.3) is 5.91 Å². The second-order valence-corrected chi connectivity index (χ2v) is 7.21. The molecule has 0 heterocycles. The molecule has 0 spiro atoms. The Bertz CT molecular complexity index is 517. The molecule has 2 N–H and O–H groups in total. The molecule has 0 saturated carbocycles. The Morgan fingerprint density at radius 2 is 1.88 bits per heavy atom. The first-order valence-corrected chi connectivity index (χ1v) is 9.15. The Hall–Kier alpha value is -1.73. The van der Waals surface area contributed by atoms with Crippen LogP contribution < -0.4 is 10.8 Å². The van der Waals surface area contributed by atoms with Gasteiger partial charge >= 0.3 is 6.09 Å². The van der Waals surface area contributed by atoms with Crippen LogP contribution >= 0.6 is 11.8 Å². The second-order valence-electron chi connectivity index (χ2n) is 6.22. The number of thioether (sulfide) groups is 1. The van der Waals surface area contributed by atoms with E-state index >= 15 is 0 Å². The Balaban J connectivity index is 2.49. The van der Waals surface area contributed by atoms with Gasteiger partial charge in [-0.3, -0.25) is 9.63 Å². The predicted molar refractivity (Wildman–Crippen MR) is 95.5 cm³/mol. The SMILES string of the molecule is CSCCC(NC(=O)OC(C)(C)C)C(=O)NOCc1ccccc1. The van der Waals surface area contributed by atoms with E-state index in [2.05, 4.69) is 10.8 Å². The molecule has 1 aromatic carbocycles. The van der Waals surface area contributed by atoms with Gasteiger partial charge in [0.1, 0.15) is 11.6 Å². The summed E-state index contributed by atoms with van der Waals surface area (Å²) in [4.78, 5) is 29.3. The first kappa shape index (κ1) is 20.3. The van der Waals surface area contributed by atoms with Crippen LogP contribution in [-0.2, 0) is 21.0 Å². The number of rotatable bonds is 8. The summed E-state index contributed by atoms with van der Waals surface area (Å²) < 4.78 is 5.19. The molecule has 1 aromatic rings. The fourth-order valence-corrected chi connectivity index (χ4v) is 2.26. The topological polar surface area (TPSA) is 76.7 Å². The smallest absolute Gasteiger partial charge is 0.408 e. The van der Waals surface area contributed by atoms with Crippen LogP contribution in [-0.4, -0.2) is 35.7 Å². The lowest BCUT2D eigenvalue weighted by Gasteiger charge is -2.23. The van der Waals surface area contributed by atoms with Gasteiger partial charge in [-0.25, -0.2) is 10.3 Å². The van der Waals surface area contributed by atoms with Crippen molar-refractivity contribution in [3.05, 3.63) is 35.9 Å². The van der Waals surface area contributed by atoms with Crippen molar-refractivity contribution in [2.24, 2.45) is 0 Å². The van der Waals surface area contributed by atoms with Crippen LogP contribution in [0.3, 0.4) is 0 Å². The largest absolute Gasteiger partial charge is 0.444 e. The minimum atomic E-state index is -0.705. The van der Waals surface area contributed by atoms with Crippen molar-refractivity contribution in [3.8, 4) is 0 Å². The number of ether oxygens (including phenoxy) is 1. The van der Waals surface area contributed by atoms with E-state index in [9.17, 15) is 9.59 Å². The van der Waals surface area contributed by atoms with Gasteiger partial charge in [0.05, 0.1) is 6.61 Å². The summed E-state index contributed by atoms with van der Waals surface area (Å²) in [6, 6.07) is 8.79. The number of hydrogen-bond donors (Lipinski definition) is 2. The fourth-order valence-electron chi connectivity index (χ4n) is 1.79. The fraction of sp³-hybridized carbons (Fsp3) is 0.529. The van der Waals surface area contributed by atoms with Crippen molar-refractivity contribution in [1.82, 2.24) is 10.8 Å². The number of hydroxylamine groups is 1. The van der Waals surface area contributed by atoms with E-state index in [1.165, 1.54) is 0 Å². The molecule has 7 heteroatoms. The zero-order chi connectivity index (χ0) is 18.0. The summed E-state index contributed by atoms with van der Waals surface area (Å²) in [7, 11) is 0. The van der Waals surface area contributed by atoms with Crippen molar-refractivity contribution < 1.29 is 19.2 Å². The van der Waals surface area contributed by atoms with Gasteiger partial charge in [-0.1, -0.05) is 30.3 Å². The number of alkyl carbamates (subject to hydrolysis) is 1. The second kappa shape index (κ2) is 10.2. The molecule has 134 valence electrons. The van der Waals surface area contributed by atoms with Crippen LogP contribution in [0.2, 0.25) is 0 Å². The summed E-state index contributed by atoms with van der Waals surface area (Å²) in [6.07, 6.45) is 1.81. The van der Waals surface area contributed by atoms with Crippen LogP contribution in [0.4, 0.5) is 4.79 Å². The van der Waals surface area contributed by atoms with Gasteiger partial charge in [-0.05, 0) is 44.8 Å². The highest BCUT2D eigenvalue weighted by molar-refractivity contribution is 7.98. The molecule has 0 bridgehead atoms. The molecule has 0 saturated heterocycles. The van der Waals surface area contributed by atoms with Crippen molar-refractivity contribution in [1.29, 1.82) is 0 Å². The lowest BCUT2D eigenvalue weighted by atomic mass is 10.2. The lowest BCUT2D eigenvalue weighted by Crippen LogP contribution is -2.48. The summed E-state index contributed by atoms with van der Waals surface area (Å²) in [5, 5.41) is 2.59. The van der Waals surface area contributed by atoms with E-state index in [1.54, 1.807) is 32.5 Å². The zero-order valence-electron chi connectivity index (χ0n) is 14.6. The van der Waals surface area contributed by atoms with Crippen molar-refractivity contribution >= 4 is 23.8 Å². The molecule has 1 unspecified atom stereocenters. The van der Waals surface area contributed by atoms with Crippen molar-refractivity contribution in [2.75, 3.05) is 12.0 Å². The van der Waals surface area contributed by atoms with Crippen LogP contribution in [0.25, 0.3) is 0 Å². The molecular formula is C17H26N2O4S. The Kier molecular flexibility index (Phi) is 8.63. The van der Waals surface area contributed by atoms with Crippen LogP contribution in [0, 0.1) is 0 Å². The molecule has 0 radical (unpaired) electrons. The minimum Gasteiger partial charge on any atom is -0.444 e. The standard InChI is InChI=1S/C17H26N2O4S/c1-17(2,3)23-16(21)18-14(10-11-24-4)15(20)19-22-12-13-8-6-5-7-9-13/h5-9,14H,10-12H2,1-4H3,(H,18,21)(H,19,20). The van der Waals surface area contributed by atoms with E-state index in [1.807, 2.05) is 36.6 Å². The zero-order valence-corrected chi connectivity index (χ0v) is 15.4. The highest BCUT2D eigenvalue weighted by Gasteiger charge is 2.24. The number of benzene rings is 1. The van der Waals surface area contributed by atoms with Gasteiger partial charge in [0.15, 0.2) is 0 Å². The van der Waals surface area contributed by atoms with Gasteiger partial charge in [0, 0.05) is 0 Å². The van der Waals surface area contributed by atoms with E-state index in [0.29, 0.717) is 6.42 Å². The van der Waals surface area contributed by atoms with Crippen molar-refractivity contribution in [3.63, 3.8) is 0 Å². The number of carbonyl (C=O) groups excluding carboxylic acids is 2.